The van der Waals surface area contributed by atoms with Gasteiger partial charge in [-0.25, -0.2) is 4.39 Å². The Kier molecular flexibility index (Phi) is 1.85. The Morgan fingerprint density at radius 2 is 2.50 bits per heavy atom. The lowest BCUT2D eigenvalue weighted by molar-refractivity contribution is -0.140. The van der Waals surface area contributed by atoms with Gasteiger partial charge in [0.15, 0.2) is 0 Å². The first-order chi connectivity index (χ1) is 4.70. The molecule has 3 heteroatoms. The summed E-state index contributed by atoms with van der Waals surface area (Å²) in [5.41, 5.74) is 0. The maximum Gasteiger partial charge on any atom is 0.310 e. The Bertz CT molecular complexity index is 206. The molecule has 1 aliphatic rings. The molecule has 0 fully saturated rings. The minimum absolute atomic E-state index is 0.392. The average Bonchev–Trinajstić information content (AvgIpc) is 1.88. The molecule has 54 valence electrons. The van der Waals surface area contributed by atoms with Gasteiger partial charge in [0.05, 0.1) is 5.92 Å². The van der Waals surface area contributed by atoms with E-state index in [1.807, 2.05) is 0 Å². The fourth-order valence-corrected chi connectivity index (χ4v) is 0.815. The van der Waals surface area contributed by atoms with Gasteiger partial charge in [0.25, 0.3) is 0 Å². The monoisotopic (exact) mass is 142 g/mol. The highest BCUT2D eigenvalue weighted by atomic mass is 19.1. The predicted molar refractivity (Wildman–Crippen MR) is 34.1 cm³/mol. The highest BCUT2D eigenvalue weighted by molar-refractivity contribution is 5.73. The first-order valence-electron chi connectivity index (χ1n) is 2.97. The van der Waals surface area contributed by atoms with Crippen molar-refractivity contribution in [3.8, 4) is 0 Å². The van der Waals surface area contributed by atoms with Crippen molar-refractivity contribution >= 4 is 5.97 Å². The molecular formula is C7H7FO2. The van der Waals surface area contributed by atoms with Gasteiger partial charge in [-0.05, 0) is 18.6 Å². The van der Waals surface area contributed by atoms with Crippen molar-refractivity contribution in [3.63, 3.8) is 0 Å². The lowest BCUT2D eigenvalue weighted by Gasteiger charge is -2.06. The lowest BCUT2D eigenvalue weighted by Crippen LogP contribution is -2.11. The number of hydrogen-bond donors (Lipinski definition) is 1. The van der Waals surface area contributed by atoms with E-state index in [-0.39, 0.29) is 0 Å². The van der Waals surface area contributed by atoms with Crippen molar-refractivity contribution in [1.29, 1.82) is 0 Å². The second-order valence-electron chi connectivity index (χ2n) is 2.13. The molecule has 0 aliphatic heterocycles. The van der Waals surface area contributed by atoms with Gasteiger partial charge in [0.1, 0.15) is 5.83 Å². The molecule has 1 atom stereocenters. The zero-order valence-corrected chi connectivity index (χ0v) is 5.25. The minimum Gasteiger partial charge on any atom is -0.481 e. The molecular weight excluding hydrogens is 135 g/mol. The molecule has 0 radical (unpaired) electrons. The Hall–Kier alpha value is -1.12. The molecule has 0 aromatic heterocycles. The van der Waals surface area contributed by atoms with Crippen molar-refractivity contribution in [2.75, 3.05) is 0 Å². The summed E-state index contributed by atoms with van der Waals surface area (Å²) in [6.45, 7) is 0. The molecule has 0 spiro atoms. The van der Waals surface area contributed by atoms with Crippen LogP contribution in [0.4, 0.5) is 4.39 Å². The Balaban J connectivity index is 2.69. The summed E-state index contributed by atoms with van der Waals surface area (Å²) in [4.78, 5) is 10.3. The van der Waals surface area contributed by atoms with E-state index < -0.39 is 17.7 Å². The summed E-state index contributed by atoms with van der Waals surface area (Å²) in [5, 5.41) is 8.41. The number of carboxylic acid groups (broad SMARTS) is 1. The van der Waals surface area contributed by atoms with Crippen LogP contribution in [0.2, 0.25) is 0 Å². The van der Waals surface area contributed by atoms with Crippen LogP contribution in [0.5, 0.6) is 0 Å². The molecule has 0 aromatic rings. The van der Waals surface area contributed by atoms with Gasteiger partial charge in [-0.3, -0.25) is 4.79 Å². The second kappa shape index (κ2) is 2.64. The van der Waals surface area contributed by atoms with Gasteiger partial charge in [0.2, 0.25) is 0 Å². The molecule has 0 heterocycles. The summed E-state index contributed by atoms with van der Waals surface area (Å²) in [7, 11) is 0. The van der Waals surface area contributed by atoms with Crippen LogP contribution in [-0.2, 0) is 4.79 Å². The molecule has 0 aromatic carbocycles. The zero-order chi connectivity index (χ0) is 7.56. The Morgan fingerprint density at radius 1 is 1.80 bits per heavy atom. The molecule has 0 bridgehead atoms. The van der Waals surface area contributed by atoms with Crippen LogP contribution in [0.25, 0.3) is 0 Å². The maximum atomic E-state index is 12.3. The first-order valence-corrected chi connectivity index (χ1v) is 2.97. The van der Waals surface area contributed by atoms with E-state index >= 15 is 0 Å². The fourth-order valence-electron chi connectivity index (χ4n) is 0.815. The van der Waals surface area contributed by atoms with Gasteiger partial charge in [-0.1, -0.05) is 6.08 Å². The SMILES string of the molecule is O=C(O)C1C=C(F)C=CC1. The highest BCUT2D eigenvalue weighted by Gasteiger charge is 2.15. The van der Waals surface area contributed by atoms with Crippen molar-refractivity contribution in [3.05, 3.63) is 24.1 Å². The Morgan fingerprint density at radius 3 is 2.90 bits per heavy atom. The normalized spacial score (nSPS) is 24.1. The summed E-state index contributed by atoms with van der Waals surface area (Å²) in [6.07, 6.45) is 4.30. The van der Waals surface area contributed by atoms with Crippen LogP contribution < -0.4 is 0 Å². The number of allylic oxidation sites excluding steroid dienone is 3. The van der Waals surface area contributed by atoms with E-state index in [9.17, 15) is 9.18 Å². The number of carboxylic acids is 1. The summed E-state index contributed by atoms with van der Waals surface area (Å²) < 4.78 is 12.3. The quantitative estimate of drug-likeness (QED) is 0.602. The number of aliphatic carboxylic acids is 1. The molecule has 0 saturated carbocycles. The van der Waals surface area contributed by atoms with Crippen LogP contribution in [0, 0.1) is 5.92 Å². The van der Waals surface area contributed by atoms with Gasteiger partial charge >= 0.3 is 5.97 Å². The highest BCUT2D eigenvalue weighted by Crippen LogP contribution is 2.16. The van der Waals surface area contributed by atoms with Crippen LogP contribution >= 0.6 is 0 Å². The maximum absolute atomic E-state index is 12.3. The third kappa shape index (κ3) is 1.43. The molecule has 1 unspecified atom stereocenters. The van der Waals surface area contributed by atoms with Gasteiger partial charge in [-0.2, -0.15) is 0 Å². The molecule has 10 heavy (non-hydrogen) atoms. The number of carbonyl (C=O) groups is 1. The topological polar surface area (TPSA) is 37.3 Å². The smallest absolute Gasteiger partial charge is 0.310 e. The predicted octanol–water partition coefficient (Wildman–Crippen LogP) is 1.50. The fraction of sp³-hybridized carbons (Fsp3) is 0.286. The van der Waals surface area contributed by atoms with E-state index in [2.05, 4.69) is 0 Å². The van der Waals surface area contributed by atoms with Gasteiger partial charge in [-0.15, -0.1) is 0 Å². The molecule has 1 aliphatic carbocycles. The van der Waals surface area contributed by atoms with Crippen LogP contribution in [0.1, 0.15) is 6.42 Å². The zero-order valence-electron chi connectivity index (χ0n) is 5.25. The third-order valence-corrected chi connectivity index (χ3v) is 1.34. The molecule has 1 N–H and O–H groups in total. The average molecular weight is 142 g/mol. The summed E-state index contributed by atoms with van der Waals surface area (Å²) in [6, 6.07) is 0. The minimum atomic E-state index is -0.973. The number of halogens is 1. The van der Waals surface area contributed by atoms with Crippen molar-refractivity contribution < 1.29 is 14.3 Å². The van der Waals surface area contributed by atoms with Crippen molar-refractivity contribution in [1.82, 2.24) is 0 Å². The van der Waals surface area contributed by atoms with Crippen LogP contribution in [0.3, 0.4) is 0 Å². The number of hydrogen-bond acceptors (Lipinski definition) is 1. The first kappa shape index (κ1) is 6.99. The van der Waals surface area contributed by atoms with E-state index in [4.69, 9.17) is 5.11 Å². The number of rotatable bonds is 1. The standard InChI is InChI=1S/C7H7FO2/c8-6-3-1-2-5(4-6)7(9)10/h1,3-5H,2H2,(H,9,10). The van der Waals surface area contributed by atoms with E-state index in [0.717, 1.165) is 6.08 Å². The Labute approximate surface area is 57.7 Å². The van der Waals surface area contributed by atoms with E-state index in [0.29, 0.717) is 6.42 Å². The van der Waals surface area contributed by atoms with E-state index in [1.54, 1.807) is 0 Å². The van der Waals surface area contributed by atoms with Gasteiger partial charge in [0, 0.05) is 0 Å². The van der Waals surface area contributed by atoms with Crippen LogP contribution in [0.15, 0.2) is 24.1 Å². The molecule has 0 amide bonds. The molecule has 0 saturated heterocycles. The van der Waals surface area contributed by atoms with Crippen LogP contribution in [-0.4, -0.2) is 11.1 Å². The third-order valence-electron chi connectivity index (χ3n) is 1.34. The van der Waals surface area contributed by atoms with Crippen molar-refractivity contribution in [2.24, 2.45) is 5.92 Å². The van der Waals surface area contributed by atoms with Gasteiger partial charge < -0.3 is 5.11 Å². The van der Waals surface area contributed by atoms with Crippen molar-refractivity contribution in [2.45, 2.75) is 6.42 Å². The van der Waals surface area contributed by atoms with E-state index in [1.165, 1.54) is 12.2 Å². The second-order valence-corrected chi connectivity index (χ2v) is 2.13. The largest absolute Gasteiger partial charge is 0.481 e. The molecule has 1 rings (SSSR count). The summed E-state index contributed by atoms with van der Waals surface area (Å²) >= 11 is 0. The molecule has 2 nitrogen and oxygen atoms in total. The lowest BCUT2D eigenvalue weighted by atomic mass is 10.0. The summed E-state index contributed by atoms with van der Waals surface area (Å²) in [5.74, 6) is -2.11.